The van der Waals surface area contributed by atoms with Crippen LogP contribution in [-0.4, -0.2) is 4.86 Å². The van der Waals surface area contributed by atoms with E-state index in [0.29, 0.717) is 0 Å². The molecule has 42 valence electrons. The van der Waals surface area contributed by atoms with Crippen molar-refractivity contribution in [3.63, 3.8) is 0 Å². The highest BCUT2D eigenvalue weighted by Crippen LogP contribution is 2.14. The molecule has 0 amide bonds. The van der Waals surface area contributed by atoms with Gasteiger partial charge in [0.2, 0.25) is 0 Å². The van der Waals surface area contributed by atoms with E-state index in [9.17, 15) is 0 Å². The normalized spacial score (nSPS) is 11.4. The van der Waals surface area contributed by atoms with E-state index in [1.54, 1.807) is 0 Å². The molecule has 0 saturated heterocycles. The first-order valence-electron chi connectivity index (χ1n) is 2.45. The van der Waals surface area contributed by atoms with Crippen molar-refractivity contribution in [1.29, 1.82) is 0 Å². The van der Waals surface area contributed by atoms with E-state index in [-0.39, 0.29) is 5.41 Å². The van der Waals surface area contributed by atoms with Crippen LogP contribution in [0.2, 0.25) is 0 Å². The van der Waals surface area contributed by atoms with Gasteiger partial charge in [-0.1, -0.05) is 33.0 Å². The molecule has 0 aromatic carbocycles. The van der Waals surface area contributed by atoms with Crippen LogP contribution >= 0.6 is 12.2 Å². The van der Waals surface area contributed by atoms with Crippen LogP contribution in [0.25, 0.3) is 0 Å². The molecule has 0 heterocycles. The fraction of sp³-hybridized carbons (Fsp3) is 0.833. The summed E-state index contributed by atoms with van der Waals surface area (Å²) in [5, 5.41) is 0. The second kappa shape index (κ2) is 1.91. The van der Waals surface area contributed by atoms with Gasteiger partial charge in [0.1, 0.15) is 0 Å². The number of rotatable bonds is 0. The highest BCUT2D eigenvalue weighted by atomic mass is 32.1. The van der Waals surface area contributed by atoms with Gasteiger partial charge < -0.3 is 0 Å². The molecule has 1 heteroatoms. The Bertz CT molecular complexity index is 76.7. The third kappa shape index (κ3) is 2.75. The molecule has 0 saturated carbocycles. The summed E-state index contributed by atoms with van der Waals surface area (Å²) < 4.78 is 0. The van der Waals surface area contributed by atoms with Crippen LogP contribution in [0.3, 0.4) is 0 Å². The summed E-state index contributed by atoms with van der Waals surface area (Å²) in [7, 11) is 0. The van der Waals surface area contributed by atoms with Crippen LogP contribution in [0.1, 0.15) is 27.7 Å². The molecule has 0 aliphatic heterocycles. The Hall–Kier alpha value is 0.0900. The summed E-state index contributed by atoms with van der Waals surface area (Å²) in [5.41, 5.74) is 0.231. The highest BCUT2D eigenvalue weighted by Gasteiger charge is 2.10. The Morgan fingerprint density at radius 3 is 1.43 bits per heavy atom. The van der Waals surface area contributed by atoms with Gasteiger partial charge in [-0.05, 0) is 17.2 Å². The van der Waals surface area contributed by atoms with Crippen LogP contribution in [0.5, 0.6) is 0 Å². The van der Waals surface area contributed by atoms with Crippen LogP contribution < -0.4 is 0 Å². The predicted molar refractivity (Wildman–Crippen MR) is 37.7 cm³/mol. The van der Waals surface area contributed by atoms with Crippen molar-refractivity contribution in [2.24, 2.45) is 5.41 Å². The Morgan fingerprint density at radius 1 is 1.29 bits per heavy atom. The molecular weight excluding hydrogens is 104 g/mol. The largest absolute Gasteiger partial charge is 0.0894 e. The molecule has 0 aliphatic carbocycles. The van der Waals surface area contributed by atoms with E-state index in [1.807, 2.05) is 6.92 Å². The monoisotopic (exact) mass is 116 g/mol. The second-order valence-electron chi connectivity index (χ2n) is 2.81. The number of hydrogen-bond donors (Lipinski definition) is 0. The van der Waals surface area contributed by atoms with Gasteiger partial charge >= 0.3 is 0 Å². The maximum absolute atomic E-state index is 4.93. The fourth-order valence-electron chi connectivity index (χ4n) is 0. The zero-order valence-corrected chi connectivity index (χ0v) is 6.22. The Labute approximate surface area is 50.9 Å². The summed E-state index contributed by atoms with van der Waals surface area (Å²) in [6, 6.07) is 0. The Kier molecular flexibility index (Phi) is 1.93. The van der Waals surface area contributed by atoms with Gasteiger partial charge in [0.25, 0.3) is 0 Å². The maximum atomic E-state index is 4.93. The lowest BCUT2D eigenvalue weighted by molar-refractivity contribution is 0.598. The van der Waals surface area contributed by atoms with E-state index >= 15 is 0 Å². The van der Waals surface area contributed by atoms with Crippen molar-refractivity contribution in [2.45, 2.75) is 27.7 Å². The molecule has 0 unspecified atom stereocenters. The number of thiocarbonyl (C=S) groups is 1. The lowest BCUT2D eigenvalue weighted by Crippen LogP contribution is -2.13. The predicted octanol–water partition coefficient (Wildman–Crippen LogP) is 2.42. The molecule has 0 N–H and O–H groups in total. The maximum Gasteiger partial charge on any atom is -0.00490 e. The molecule has 0 radical (unpaired) electrons. The Morgan fingerprint density at radius 2 is 1.43 bits per heavy atom. The van der Waals surface area contributed by atoms with E-state index in [2.05, 4.69) is 20.8 Å². The van der Waals surface area contributed by atoms with Crippen LogP contribution in [0.15, 0.2) is 0 Å². The molecule has 0 aliphatic rings. The zero-order chi connectivity index (χ0) is 6.08. The molecule has 0 aromatic heterocycles. The molecule has 0 spiro atoms. The molecule has 0 bridgehead atoms. The first-order chi connectivity index (χ1) is 2.94. The average Bonchev–Trinajstić information content (AvgIpc) is 1.31. The summed E-state index contributed by atoms with van der Waals surface area (Å²) >= 11 is 4.93. The summed E-state index contributed by atoms with van der Waals surface area (Å²) in [6.07, 6.45) is 0. The van der Waals surface area contributed by atoms with Gasteiger partial charge in [0.05, 0.1) is 0 Å². The SMILES string of the molecule is CC(=S)C(C)(C)C. The first-order valence-corrected chi connectivity index (χ1v) is 2.86. The van der Waals surface area contributed by atoms with Crippen LogP contribution in [0, 0.1) is 5.41 Å². The second-order valence-corrected chi connectivity index (χ2v) is 3.42. The zero-order valence-electron chi connectivity index (χ0n) is 5.41. The third-order valence-electron chi connectivity index (χ3n) is 1.06. The highest BCUT2D eigenvalue weighted by molar-refractivity contribution is 7.80. The molecule has 7 heavy (non-hydrogen) atoms. The summed E-state index contributed by atoms with van der Waals surface area (Å²) in [5.74, 6) is 0. The molecule has 0 aromatic rings. The van der Waals surface area contributed by atoms with Crippen molar-refractivity contribution in [2.75, 3.05) is 0 Å². The topological polar surface area (TPSA) is 0 Å². The lowest BCUT2D eigenvalue weighted by Gasteiger charge is -2.14. The van der Waals surface area contributed by atoms with Crippen LogP contribution in [0.4, 0.5) is 0 Å². The van der Waals surface area contributed by atoms with Gasteiger partial charge in [-0.2, -0.15) is 0 Å². The minimum Gasteiger partial charge on any atom is -0.0894 e. The fourth-order valence-corrected chi connectivity index (χ4v) is 0. The van der Waals surface area contributed by atoms with Gasteiger partial charge in [0.15, 0.2) is 0 Å². The summed E-state index contributed by atoms with van der Waals surface area (Å²) in [4.78, 5) is 1.08. The minimum absolute atomic E-state index is 0.231. The molecule has 0 atom stereocenters. The van der Waals surface area contributed by atoms with Crippen molar-refractivity contribution in [3.05, 3.63) is 0 Å². The van der Waals surface area contributed by atoms with Crippen molar-refractivity contribution in [1.82, 2.24) is 0 Å². The molecular formula is C6H12S. The first kappa shape index (κ1) is 7.09. The molecule has 0 fully saturated rings. The van der Waals surface area contributed by atoms with Crippen molar-refractivity contribution >= 4 is 17.1 Å². The molecule has 0 nitrogen and oxygen atoms in total. The minimum atomic E-state index is 0.231. The van der Waals surface area contributed by atoms with Gasteiger partial charge in [-0.15, -0.1) is 0 Å². The van der Waals surface area contributed by atoms with E-state index < -0.39 is 0 Å². The average molecular weight is 116 g/mol. The Balaban J connectivity index is 3.79. The number of hydrogen-bond acceptors (Lipinski definition) is 1. The lowest BCUT2D eigenvalue weighted by atomic mass is 9.93. The third-order valence-corrected chi connectivity index (χ3v) is 1.67. The van der Waals surface area contributed by atoms with Crippen LogP contribution in [-0.2, 0) is 0 Å². The smallest absolute Gasteiger partial charge is 0.00490 e. The molecule has 0 rings (SSSR count). The van der Waals surface area contributed by atoms with E-state index in [4.69, 9.17) is 12.2 Å². The van der Waals surface area contributed by atoms with Crippen molar-refractivity contribution < 1.29 is 0 Å². The van der Waals surface area contributed by atoms with Gasteiger partial charge in [-0.3, -0.25) is 0 Å². The van der Waals surface area contributed by atoms with E-state index in [0.717, 1.165) is 4.86 Å². The van der Waals surface area contributed by atoms with Gasteiger partial charge in [-0.25, -0.2) is 0 Å². The van der Waals surface area contributed by atoms with Gasteiger partial charge in [0, 0.05) is 0 Å². The summed E-state index contributed by atoms with van der Waals surface area (Å²) in [6.45, 7) is 8.34. The standard InChI is InChI=1S/C6H12S/c1-5(7)6(2,3)4/h1-4H3. The van der Waals surface area contributed by atoms with Crippen molar-refractivity contribution in [3.8, 4) is 0 Å². The quantitative estimate of drug-likeness (QED) is 0.438. The van der Waals surface area contributed by atoms with E-state index in [1.165, 1.54) is 0 Å².